The van der Waals surface area contributed by atoms with Gasteiger partial charge in [0, 0.05) is 15.5 Å². The minimum atomic E-state index is 1.15. The maximum absolute atomic E-state index is 2.43. The molecule has 0 aliphatic carbocycles. The molecule has 50 heavy (non-hydrogen) atoms. The quantitative estimate of drug-likeness (QED) is 0.174. The van der Waals surface area contributed by atoms with E-state index >= 15 is 0 Å². The summed E-state index contributed by atoms with van der Waals surface area (Å²) in [5.41, 5.74) is 10.9. The predicted octanol–water partition coefficient (Wildman–Crippen LogP) is 14.1. The van der Waals surface area contributed by atoms with Crippen LogP contribution in [0.15, 0.2) is 198 Å². The molecule has 0 fully saturated rings. The molecule has 0 radical (unpaired) electrons. The molecule has 1 heterocycles. The number of rotatable bonds is 4. The number of hydrogen-bond acceptors (Lipinski definition) is 2. The van der Waals surface area contributed by atoms with Crippen LogP contribution in [0.4, 0.5) is 17.1 Å². The van der Waals surface area contributed by atoms with E-state index in [0.717, 1.165) is 5.69 Å². The fourth-order valence-corrected chi connectivity index (χ4v) is 8.73. The van der Waals surface area contributed by atoms with Crippen molar-refractivity contribution in [2.24, 2.45) is 0 Å². The van der Waals surface area contributed by atoms with Crippen molar-refractivity contribution in [1.82, 2.24) is 0 Å². The van der Waals surface area contributed by atoms with Gasteiger partial charge in [-0.05, 0) is 108 Å². The highest BCUT2D eigenvalue weighted by Crippen LogP contribution is 2.53. The van der Waals surface area contributed by atoms with Crippen molar-refractivity contribution in [3.8, 4) is 33.4 Å². The number of fused-ring (bicyclic) bond motifs is 8. The van der Waals surface area contributed by atoms with Crippen LogP contribution in [0.25, 0.3) is 65.7 Å². The van der Waals surface area contributed by atoms with Crippen molar-refractivity contribution in [3.63, 3.8) is 0 Å². The Morgan fingerprint density at radius 1 is 0.280 bits per heavy atom. The first-order valence-electron chi connectivity index (χ1n) is 17.1. The first-order valence-corrected chi connectivity index (χ1v) is 17.9. The topological polar surface area (TPSA) is 3.24 Å². The van der Waals surface area contributed by atoms with E-state index in [9.17, 15) is 0 Å². The van der Waals surface area contributed by atoms with Crippen LogP contribution in [0.1, 0.15) is 0 Å². The summed E-state index contributed by atoms with van der Waals surface area (Å²) in [5.74, 6) is 0. The SMILES string of the molecule is c1ccc(-c2ccc(N3c4ccc(-c5ccccc5)cc4Sc4cc(-c5ccc6c7ccccc7c7ccccc7c6c5)ccc43)cc2)cc1. The Labute approximate surface area is 296 Å². The lowest BCUT2D eigenvalue weighted by Crippen LogP contribution is -2.15. The summed E-state index contributed by atoms with van der Waals surface area (Å²) in [7, 11) is 0. The van der Waals surface area contributed by atoms with Crippen molar-refractivity contribution < 1.29 is 0 Å². The molecule has 9 aromatic carbocycles. The fourth-order valence-electron chi connectivity index (χ4n) is 7.60. The molecule has 2 heteroatoms. The van der Waals surface area contributed by atoms with Crippen LogP contribution < -0.4 is 4.90 Å². The molecular weight excluding hydrogens is 623 g/mol. The largest absolute Gasteiger partial charge is 0.308 e. The average molecular weight is 654 g/mol. The van der Waals surface area contributed by atoms with Gasteiger partial charge in [-0.3, -0.25) is 0 Å². The monoisotopic (exact) mass is 653 g/mol. The van der Waals surface area contributed by atoms with Crippen molar-refractivity contribution in [2.45, 2.75) is 9.79 Å². The van der Waals surface area contributed by atoms with Crippen molar-refractivity contribution in [1.29, 1.82) is 0 Å². The molecule has 0 N–H and O–H groups in total. The highest BCUT2D eigenvalue weighted by Gasteiger charge is 2.26. The van der Waals surface area contributed by atoms with Crippen molar-refractivity contribution in [2.75, 3.05) is 4.90 Å². The van der Waals surface area contributed by atoms with Crippen LogP contribution in [-0.2, 0) is 0 Å². The summed E-state index contributed by atoms with van der Waals surface area (Å²) < 4.78 is 0. The van der Waals surface area contributed by atoms with Gasteiger partial charge in [-0.1, -0.05) is 157 Å². The van der Waals surface area contributed by atoms with Crippen LogP contribution in [0.5, 0.6) is 0 Å². The van der Waals surface area contributed by atoms with E-state index in [-0.39, 0.29) is 0 Å². The molecular formula is C48H31NS. The molecule has 0 saturated carbocycles. The first-order chi connectivity index (χ1) is 24.8. The summed E-state index contributed by atoms with van der Waals surface area (Å²) in [6.45, 7) is 0. The molecule has 0 spiro atoms. The third-order valence-corrected chi connectivity index (χ3v) is 11.1. The lowest BCUT2D eigenvalue weighted by atomic mass is 9.92. The van der Waals surface area contributed by atoms with Gasteiger partial charge in [-0.25, -0.2) is 0 Å². The van der Waals surface area contributed by atoms with Crippen LogP contribution in [0, 0.1) is 0 Å². The Morgan fingerprint density at radius 2 is 0.660 bits per heavy atom. The molecule has 0 bridgehead atoms. The molecule has 10 rings (SSSR count). The predicted molar refractivity (Wildman–Crippen MR) is 214 cm³/mol. The molecule has 234 valence electrons. The molecule has 0 aromatic heterocycles. The Kier molecular flexibility index (Phi) is 6.82. The van der Waals surface area contributed by atoms with Gasteiger partial charge in [-0.15, -0.1) is 0 Å². The standard InChI is InChI=1S/C48H31NS/c1-3-11-32(12-4-1)34-19-24-38(25-20-34)49-45-27-22-36(33-13-5-2-6-14-33)30-47(45)50-48-31-37(23-28-46(48)49)35-21-26-43-41-17-8-7-15-39(41)40-16-9-10-18-42(40)44(43)29-35/h1-31H. The Hall–Kier alpha value is -6.09. The van der Waals surface area contributed by atoms with Crippen molar-refractivity contribution >= 4 is 61.1 Å². The lowest BCUT2D eigenvalue weighted by Gasteiger charge is -2.33. The maximum atomic E-state index is 2.43. The third-order valence-electron chi connectivity index (χ3n) is 10.0. The van der Waals surface area contributed by atoms with Gasteiger partial charge in [0.05, 0.1) is 11.4 Å². The number of nitrogens with zero attached hydrogens (tertiary/aromatic N) is 1. The second kappa shape index (κ2) is 11.8. The van der Waals surface area contributed by atoms with E-state index in [4.69, 9.17) is 0 Å². The zero-order valence-electron chi connectivity index (χ0n) is 27.3. The number of hydrogen-bond donors (Lipinski definition) is 0. The van der Waals surface area contributed by atoms with Gasteiger partial charge in [0.1, 0.15) is 0 Å². The molecule has 1 aliphatic heterocycles. The molecule has 0 unspecified atom stereocenters. The minimum absolute atomic E-state index is 1.15. The second-order valence-electron chi connectivity index (χ2n) is 12.9. The molecule has 0 amide bonds. The van der Waals surface area contributed by atoms with Gasteiger partial charge in [0.15, 0.2) is 0 Å². The van der Waals surface area contributed by atoms with E-state index in [1.165, 1.54) is 86.9 Å². The highest BCUT2D eigenvalue weighted by molar-refractivity contribution is 7.99. The molecule has 9 aromatic rings. The van der Waals surface area contributed by atoms with Gasteiger partial charge < -0.3 is 4.90 Å². The Balaban J connectivity index is 1.12. The highest BCUT2D eigenvalue weighted by atomic mass is 32.2. The number of benzene rings is 9. The smallest absolute Gasteiger partial charge is 0.0602 e. The van der Waals surface area contributed by atoms with E-state index in [1.54, 1.807) is 0 Å². The van der Waals surface area contributed by atoms with Gasteiger partial charge in [0.2, 0.25) is 0 Å². The van der Waals surface area contributed by atoms with Gasteiger partial charge in [0.25, 0.3) is 0 Å². The first kappa shape index (κ1) is 28.9. The average Bonchev–Trinajstić information content (AvgIpc) is 3.20. The molecule has 1 nitrogen and oxygen atoms in total. The van der Waals surface area contributed by atoms with Crippen molar-refractivity contribution in [3.05, 3.63) is 188 Å². The maximum Gasteiger partial charge on any atom is 0.0602 e. The van der Waals surface area contributed by atoms with E-state index in [2.05, 4.69) is 193 Å². The third kappa shape index (κ3) is 4.80. The zero-order valence-corrected chi connectivity index (χ0v) is 28.1. The summed E-state index contributed by atoms with van der Waals surface area (Å²) in [6.07, 6.45) is 0. The van der Waals surface area contributed by atoms with E-state index in [1.807, 2.05) is 11.8 Å². The summed E-state index contributed by atoms with van der Waals surface area (Å²) >= 11 is 1.86. The normalized spacial score (nSPS) is 12.3. The summed E-state index contributed by atoms with van der Waals surface area (Å²) in [6, 6.07) is 68.7. The van der Waals surface area contributed by atoms with Crippen LogP contribution in [0.2, 0.25) is 0 Å². The summed E-state index contributed by atoms with van der Waals surface area (Å²) in [4.78, 5) is 4.92. The van der Waals surface area contributed by atoms with Crippen LogP contribution >= 0.6 is 11.8 Å². The van der Waals surface area contributed by atoms with Crippen LogP contribution in [0.3, 0.4) is 0 Å². The zero-order chi connectivity index (χ0) is 33.0. The molecule has 0 atom stereocenters. The lowest BCUT2D eigenvalue weighted by molar-refractivity contribution is 1.17. The van der Waals surface area contributed by atoms with E-state index in [0.29, 0.717) is 0 Å². The molecule has 0 saturated heterocycles. The summed E-state index contributed by atoms with van der Waals surface area (Å²) in [5, 5.41) is 7.78. The number of anilines is 3. The van der Waals surface area contributed by atoms with Gasteiger partial charge in [-0.2, -0.15) is 0 Å². The second-order valence-corrected chi connectivity index (χ2v) is 14.0. The van der Waals surface area contributed by atoms with Gasteiger partial charge >= 0.3 is 0 Å². The van der Waals surface area contributed by atoms with Crippen LogP contribution in [-0.4, -0.2) is 0 Å². The minimum Gasteiger partial charge on any atom is -0.308 e. The van der Waals surface area contributed by atoms with E-state index < -0.39 is 0 Å². The fraction of sp³-hybridized carbons (Fsp3) is 0. The molecule has 1 aliphatic rings. The Morgan fingerprint density at radius 3 is 1.22 bits per heavy atom. The Bertz CT molecular complexity index is 2680.